The SMILES string of the molecule is Nc1cccc2c1CN(Cc1cccc(Cl)c1)C2. The van der Waals surface area contributed by atoms with Crippen LogP contribution >= 0.6 is 11.6 Å². The average Bonchev–Trinajstić information content (AvgIpc) is 2.73. The molecule has 1 aliphatic rings. The number of rotatable bonds is 2. The van der Waals surface area contributed by atoms with E-state index in [4.69, 9.17) is 17.3 Å². The summed E-state index contributed by atoms with van der Waals surface area (Å²) in [5.74, 6) is 0. The lowest BCUT2D eigenvalue weighted by molar-refractivity contribution is 0.276. The summed E-state index contributed by atoms with van der Waals surface area (Å²) in [4.78, 5) is 2.38. The number of nitrogens with two attached hydrogens (primary N) is 1. The largest absolute Gasteiger partial charge is 0.398 e. The molecule has 0 atom stereocenters. The molecule has 0 aliphatic carbocycles. The highest BCUT2D eigenvalue weighted by Crippen LogP contribution is 2.28. The van der Waals surface area contributed by atoms with Gasteiger partial charge in [0.2, 0.25) is 0 Å². The van der Waals surface area contributed by atoms with E-state index in [2.05, 4.69) is 17.0 Å². The van der Waals surface area contributed by atoms with Gasteiger partial charge in [-0.2, -0.15) is 0 Å². The van der Waals surface area contributed by atoms with E-state index in [1.807, 2.05) is 30.3 Å². The van der Waals surface area contributed by atoms with E-state index in [0.717, 1.165) is 30.3 Å². The third-order valence-corrected chi connectivity index (χ3v) is 3.62. The molecule has 1 heterocycles. The molecule has 0 aromatic heterocycles. The Balaban J connectivity index is 1.77. The topological polar surface area (TPSA) is 29.3 Å². The zero-order chi connectivity index (χ0) is 12.5. The summed E-state index contributed by atoms with van der Waals surface area (Å²) in [5, 5.41) is 0.795. The van der Waals surface area contributed by atoms with Crippen LogP contribution in [0.15, 0.2) is 42.5 Å². The Morgan fingerprint density at radius 3 is 2.72 bits per heavy atom. The number of fused-ring (bicyclic) bond motifs is 1. The minimum atomic E-state index is 0.795. The van der Waals surface area contributed by atoms with Crippen LogP contribution in [0.3, 0.4) is 0 Å². The van der Waals surface area contributed by atoms with Gasteiger partial charge in [-0.05, 0) is 34.9 Å². The molecule has 2 N–H and O–H groups in total. The van der Waals surface area contributed by atoms with Crippen molar-refractivity contribution in [3.63, 3.8) is 0 Å². The first kappa shape index (κ1) is 11.6. The number of nitrogen functional groups attached to an aromatic ring is 1. The van der Waals surface area contributed by atoms with Crippen molar-refractivity contribution in [1.82, 2.24) is 4.90 Å². The van der Waals surface area contributed by atoms with Gasteiger partial charge in [0.25, 0.3) is 0 Å². The van der Waals surface area contributed by atoms with Crippen molar-refractivity contribution < 1.29 is 0 Å². The molecule has 0 amide bonds. The minimum absolute atomic E-state index is 0.795. The summed E-state index contributed by atoms with van der Waals surface area (Å²) < 4.78 is 0. The third-order valence-electron chi connectivity index (χ3n) is 3.38. The number of halogens is 1. The summed E-state index contributed by atoms with van der Waals surface area (Å²) >= 11 is 6.01. The second kappa shape index (κ2) is 4.63. The zero-order valence-electron chi connectivity index (χ0n) is 10.1. The highest BCUT2D eigenvalue weighted by Gasteiger charge is 2.20. The van der Waals surface area contributed by atoms with Crippen LogP contribution in [0.4, 0.5) is 5.69 Å². The average molecular weight is 259 g/mol. The highest BCUT2D eigenvalue weighted by molar-refractivity contribution is 6.30. The molecule has 0 radical (unpaired) electrons. The molecular weight excluding hydrogens is 244 g/mol. The Labute approximate surface area is 112 Å². The maximum atomic E-state index is 6.01. The van der Waals surface area contributed by atoms with E-state index in [9.17, 15) is 0 Å². The lowest BCUT2D eigenvalue weighted by Crippen LogP contribution is -2.15. The molecule has 2 aromatic carbocycles. The molecule has 2 nitrogen and oxygen atoms in total. The summed E-state index contributed by atoms with van der Waals surface area (Å²) in [6.45, 7) is 2.80. The number of hydrogen-bond donors (Lipinski definition) is 1. The standard InChI is InChI=1S/C15H15ClN2/c16-13-5-1-3-11(7-13)8-18-9-12-4-2-6-15(17)14(12)10-18/h1-7H,8-10,17H2. The van der Waals surface area contributed by atoms with Gasteiger partial charge in [0.15, 0.2) is 0 Å². The first-order valence-electron chi connectivity index (χ1n) is 6.05. The predicted octanol–water partition coefficient (Wildman–Crippen LogP) is 3.44. The normalized spacial score (nSPS) is 14.7. The zero-order valence-corrected chi connectivity index (χ0v) is 10.8. The first-order valence-corrected chi connectivity index (χ1v) is 6.43. The van der Waals surface area contributed by atoms with Crippen LogP contribution in [0.5, 0.6) is 0 Å². The molecule has 92 valence electrons. The quantitative estimate of drug-likeness (QED) is 0.836. The molecule has 3 heteroatoms. The smallest absolute Gasteiger partial charge is 0.0409 e. The highest BCUT2D eigenvalue weighted by atomic mass is 35.5. The van der Waals surface area contributed by atoms with Crippen molar-refractivity contribution in [2.24, 2.45) is 0 Å². The van der Waals surface area contributed by atoms with Crippen molar-refractivity contribution >= 4 is 17.3 Å². The molecule has 3 rings (SSSR count). The van der Waals surface area contributed by atoms with Crippen LogP contribution in [-0.2, 0) is 19.6 Å². The van der Waals surface area contributed by atoms with E-state index in [1.54, 1.807) is 0 Å². The second-order valence-corrected chi connectivity index (χ2v) is 5.20. The third kappa shape index (κ3) is 2.22. The maximum Gasteiger partial charge on any atom is 0.0409 e. The van der Waals surface area contributed by atoms with Gasteiger partial charge >= 0.3 is 0 Å². The Kier molecular flexibility index (Phi) is 2.98. The van der Waals surface area contributed by atoms with E-state index in [0.29, 0.717) is 0 Å². The summed E-state index contributed by atoms with van der Waals surface area (Å²) in [6.07, 6.45) is 0. The first-order chi connectivity index (χ1) is 8.72. The summed E-state index contributed by atoms with van der Waals surface area (Å²) in [5.41, 5.74) is 10.8. The minimum Gasteiger partial charge on any atom is -0.398 e. The molecule has 0 spiro atoms. The Morgan fingerprint density at radius 1 is 1.11 bits per heavy atom. The number of anilines is 1. The number of hydrogen-bond acceptors (Lipinski definition) is 2. The van der Waals surface area contributed by atoms with Crippen molar-refractivity contribution in [3.05, 3.63) is 64.2 Å². The van der Waals surface area contributed by atoms with Gasteiger partial charge in [0, 0.05) is 30.3 Å². The van der Waals surface area contributed by atoms with Crippen molar-refractivity contribution in [1.29, 1.82) is 0 Å². The van der Waals surface area contributed by atoms with Gasteiger partial charge in [-0.1, -0.05) is 35.9 Å². The Bertz CT molecular complexity index is 580. The van der Waals surface area contributed by atoms with E-state index in [-0.39, 0.29) is 0 Å². The summed E-state index contributed by atoms with van der Waals surface area (Å²) in [7, 11) is 0. The molecule has 18 heavy (non-hydrogen) atoms. The van der Waals surface area contributed by atoms with Gasteiger partial charge in [-0.3, -0.25) is 4.90 Å². The summed E-state index contributed by atoms with van der Waals surface area (Å²) in [6, 6.07) is 14.2. The van der Waals surface area contributed by atoms with Crippen LogP contribution in [-0.4, -0.2) is 4.90 Å². The van der Waals surface area contributed by atoms with Gasteiger partial charge in [0.1, 0.15) is 0 Å². The Morgan fingerprint density at radius 2 is 1.94 bits per heavy atom. The molecule has 0 unspecified atom stereocenters. The van der Waals surface area contributed by atoms with Crippen LogP contribution in [0.1, 0.15) is 16.7 Å². The van der Waals surface area contributed by atoms with Crippen LogP contribution in [0, 0.1) is 0 Å². The fraction of sp³-hybridized carbons (Fsp3) is 0.200. The molecule has 0 fully saturated rings. The van der Waals surface area contributed by atoms with E-state index in [1.165, 1.54) is 16.7 Å². The van der Waals surface area contributed by atoms with E-state index >= 15 is 0 Å². The molecule has 1 aliphatic heterocycles. The molecule has 0 saturated carbocycles. The Hall–Kier alpha value is -1.51. The van der Waals surface area contributed by atoms with Crippen molar-refractivity contribution in [2.45, 2.75) is 19.6 Å². The monoisotopic (exact) mass is 258 g/mol. The lowest BCUT2D eigenvalue weighted by Gasteiger charge is -2.14. The van der Waals surface area contributed by atoms with Crippen LogP contribution in [0.2, 0.25) is 5.02 Å². The van der Waals surface area contributed by atoms with Gasteiger partial charge in [-0.25, -0.2) is 0 Å². The van der Waals surface area contributed by atoms with E-state index < -0.39 is 0 Å². The van der Waals surface area contributed by atoms with Gasteiger partial charge in [0.05, 0.1) is 0 Å². The molecule has 0 bridgehead atoms. The van der Waals surface area contributed by atoms with Crippen LogP contribution < -0.4 is 5.73 Å². The second-order valence-electron chi connectivity index (χ2n) is 4.76. The number of benzene rings is 2. The maximum absolute atomic E-state index is 6.01. The number of nitrogens with zero attached hydrogens (tertiary/aromatic N) is 1. The lowest BCUT2D eigenvalue weighted by atomic mass is 10.1. The molecule has 0 saturated heterocycles. The fourth-order valence-corrected chi connectivity index (χ4v) is 2.73. The fourth-order valence-electron chi connectivity index (χ4n) is 2.52. The molecular formula is C15H15ClN2. The molecule has 2 aromatic rings. The predicted molar refractivity (Wildman–Crippen MR) is 75.3 cm³/mol. The van der Waals surface area contributed by atoms with Crippen molar-refractivity contribution in [2.75, 3.05) is 5.73 Å². The van der Waals surface area contributed by atoms with Crippen molar-refractivity contribution in [3.8, 4) is 0 Å². The van der Waals surface area contributed by atoms with Crippen LogP contribution in [0.25, 0.3) is 0 Å². The van der Waals surface area contributed by atoms with Gasteiger partial charge in [-0.15, -0.1) is 0 Å². The van der Waals surface area contributed by atoms with Gasteiger partial charge < -0.3 is 5.73 Å².